The van der Waals surface area contributed by atoms with Crippen LogP contribution in [0, 0.1) is 0 Å². The normalized spacial score (nSPS) is 21.3. The first-order chi connectivity index (χ1) is 10.5. The third-order valence-electron chi connectivity index (χ3n) is 3.81. The molecule has 118 valence electrons. The van der Waals surface area contributed by atoms with Crippen molar-refractivity contribution in [2.24, 2.45) is 4.40 Å². The zero-order valence-corrected chi connectivity index (χ0v) is 13.9. The van der Waals surface area contributed by atoms with E-state index in [1.807, 2.05) is 11.4 Å². The van der Waals surface area contributed by atoms with Crippen molar-refractivity contribution in [1.82, 2.24) is 9.21 Å². The monoisotopic (exact) mass is 339 g/mol. The summed E-state index contributed by atoms with van der Waals surface area (Å²) in [4.78, 5) is 15.1. The van der Waals surface area contributed by atoms with Gasteiger partial charge in [-0.15, -0.1) is 15.7 Å². The zero-order valence-electron chi connectivity index (χ0n) is 12.2. The van der Waals surface area contributed by atoms with E-state index in [1.54, 1.807) is 17.0 Å². The number of amides is 1. The molecule has 1 aromatic rings. The smallest absolute Gasteiger partial charge is 0.337 e. The highest BCUT2D eigenvalue weighted by atomic mass is 32.2. The Balaban J connectivity index is 1.97. The highest BCUT2D eigenvalue weighted by Crippen LogP contribution is 2.24. The Bertz CT molecular complexity index is 729. The molecular weight excluding hydrogens is 322 g/mol. The Kier molecular flexibility index (Phi) is 4.05. The maximum Gasteiger partial charge on any atom is 0.345 e. The van der Waals surface area contributed by atoms with Gasteiger partial charge in [-0.05, 0) is 36.8 Å². The van der Waals surface area contributed by atoms with Gasteiger partial charge in [-0.2, -0.15) is 8.42 Å². The molecule has 0 atom stereocenters. The van der Waals surface area contributed by atoms with Crippen LogP contribution in [-0.2, 0) is 15.0 Å². The largest absolute Gasteiger partial charge is 0.345 e. The number of carbonyl (C=O) groups is 1. The highest BCUT2D eigenvalue weighted by Gasteiger charge is 2.32. The van der Waals surface area contributed by atoms with Crippen LogP contribution in [0.15, 0.2) is 33.7 Å². The fourth-order valence-electron chi connectivity index (χ4n) is 2.55. The molecule has 6 nitrogen and oxygen atoms in total. The van der Waals surface area contributed by atoms with Gasteiger partial charge in [0.15, 0.2) is 0 Å². The van der Waals surface area contributed by atoms with Gasteiger partial charge >= 0.3 is 10.2 Å². The van der Waals surface area contributed by atoms with E-state index in [9.17, 15) is 13.2 Å². The molecule has 1 amide bonds. The molecular formula is C14H17N3O3S2. The predicted molar refractivity (Wildman–Crippen MR) is 86.1 cm³/mol. The number of likely N-dealkylation sites (N-methyl/N-ethyl adjacent to an activating group) is 1. The quantitative estimate of drug-likeness (QED) is 0.822. The van der Waals surface area contributed by atoms with Gasteiger partial charge in [0, 0.05) is 20.1 Å². The molecule has 3 rings (SSSR count). The minimum Gasteiger partial charge on any atom is -0.337 e. The lowest BCUT2D eigenvalue weighted by atomic mass is 10.1. The van der Waals surface area contributed by atoms with E-state index in [-0.39, 0.29) is 11.6 Å². The van der Waals surface area contributed by atoms with Crippen molar-refractivity contribution in [2.45, 2.75) is 19.3 Å². The van der Waals surface area contributed by atoms with Crippen molar-refractivity contribution >= 4 is 33.2 Å². The number of likely N-dealkylation sites (tertiary alicyclic amines) is 1. The molecule has 1 aromatic heterocycles. The van der Waals surface area contributed by atoms with Crippen LogP contribution in [0.2, 0.25) is 0 Å². The first-order valence-electron chi connectivity index (χ1n) is 7.13. The molecule has 0 unspecified atom stereocenters. The Morgan fingerprint density at radius 1 is 1.27 bits per heavy atom. The molecule has 8 heteroatoms. The summed E-state index contributed by atoms with van der Waals surface area (Å²) in [6, 6.07) is 3.62. The standard InChI is InChI=1S/C14H17N3O3S2/c1-16-12(14(18)17-7-3-2-4-8-17)10-11(15-22(16,19)20)13-6-5-9-21-13/h5-6,9-10H,2-4,7-8H2,1H3. The van der Waals surface area contributed by atoms with E-state index in [2.05, 4.69) is 4.40 Å². The van der Waals surface area contributed by atoms with Crippen LogP contribution in [0.5, 0.6) is 0 Å². The van der Waals surface area contributed by atoms with Gasteiger partial charge in [0.2, 0.25) is 0 Å². The van der Waals surface area contributed by atoms with Crippen LogP contribution in [0.3, 0.4) is 0 Å². The molecule has 1 saturated heterocycles. The van der Waals surface area contributed by atoms with Gasteiger partial charge in [-0.3, -0.25) is 4.79 Å². The minimum absolute atomic E-state index is 0.167. The number of thiophene rings is 1. The molecule has 0 radical (unpaired) electrons. The summed E-state index contributed by atoms with van der Waals surface area (Å²) in [6.45, 7) is 1.35. The summed E-state index contributed by atoms with van der Waals surface area (Å²) < 4.78 is 29.2. The fourth-order valence-corrected chi connectivity index (χ4v) is 4.20. The van der Waals surface area contributed by atoms with Crippen molar-refractivity contribution in [1.29, 1.82) is 0 Å². The van der Waals surface area contributed by atoms with E-state index in [4.69, 9.17) is 0 Å². The molecule has 0 saturated carbocycles. The first kappa shape index (κ1) is 15.2. The van der Waals surface area contributed by atoms with E-state index in [0.29, 0.717) is 18.8 Å². The van der Waals surface area contributed by atoms with Crippen LogP contribution >= 0.6 is 11.3 Å². The van der Waals surface area contributed by atoms with Gasteiger partial charge < -0.3 is 4.90 Å². The molecule has 0 N–H and O–H groups in total. The summed E-state index contributed by atoms with van der Waals surface area (Å²) >= 11 is 1.40. The van der Waals surface area contributed by atoms with Gasteiger partial charge in [-0.25, -0.2) is 4.31 Å². The fraction of sp³-hybridized carbons (Fsp3) is 0.429. The van der Waals surface area contributed by atoms with Gasteiger partial charge in [0.1, 0.15) is 5.70 Å². The molecule has 0 aromatic carbocycles. The lowest BCUT2D eigenvalue weighted by Gasteiger charge is -2.31. The van der Waals surface area contributed by atoms with Crippen LogP contribution in [0.25, 0.3) is 0 Å². The molecule has 2 aliphatic heterocycles. The van der Waals surface area contributed by atoms with Gasteiger partial charge in [0.25, 0.3) is 5.91 Å². The molecule has 3 heterocycles. The summed E-state index contributed by atoms with van der Waals surface area (Å²) in [5, 5.41) is 1.85. The Hall–Kier alpha value is -1.67. The van der Waals surface area contributed by atoms with Crippen molar-refractivity contribution in [3.05, 3.63) is 34.2 Å². The van der Waals surface area contributed by atoms with Crippen LogP contribution in [-0.4, -0.2) is 49.4 Å². The number of carbonyl (C=O) groups excluding carboxylic acids is 1. The van der Waals surface area contributed by atoms with Crippen LogP contribution in [0.1, 0.15) is 24.1 Å². The number of nitrogens with zero attached hydrogens (tertiary/aromatic N) is 3. The Morgan fingerprint density at radius 2 is 2.00 bits per heavy atom. The minimum atomic E-state index is -3.86. The average Bonchev–Trinajstić information content (AvgIpc) is 3.04. The molecule has 2 aliphatic rings. The third-order valence-corrected chi connectivity index (χ3v) is 6.02. The second-order valence-electron chi connectivity index (χ2n) is 5.28. The van der Waals surface area contributed by atoms with Crippen molar-refractivity contribution in [3.8, 4) is 0 Å². The Labute approximate surface area is 133 Å². The number of hydrogen-bond donors (Lipinski definition) is 0. The number of rotatable bonds is 2. The average molecular weight is 339 g/mol. The number of piperidine rings is 1. The SMILES string of the molecule is CN1C(C(=O)N2CCCCC2)=CC(c2cccs2)=NS1(=O)=O. The zero-order chi connectivity index (χ0) is 15.7. The maximum atomic E-state index is 12.7. The predicted octanol–water partition coefficient (Wildman–Crippen LogP) is 1.62. The lowest BCUT2D eigenvalue weighted by molar-refractivity contribution is -0.129. The summed E-state index contributed by atoms with van der Waals surface area (Å²) in [5.74, 6) is -0.241. The molecule has 0 aliphatic carbocycles. The van der Waals surface area contributed by atoms with E-state index in [0.717, 1.165) is 28.4 Å². The Morgan fingerprint density at radius 3 is 2.64 bits per heavy atom. The summed E-state index contributed by atoms with van der Waals surface area (Å²) in [6.07, 6.45) is 4.60. The first-order valence-corrected chi connectivity index (χ1v) is 9.40. The summed E-state index contributed by atoms with van der Waals surface area (Å²) in [5.41, 5.74) is 0.494. The maximum absolute atomic E-state index is 12.7. The molecule has 0 bridgehead atoms. The third kappa shape index (κ3) is 2.80. The number of allylic oxidation sites excluding steroid dienone is 1. The van der Waals surface area contributed by atoms with E-state index in [1.165, 1.54) is 18.4 Å². The number of hydrogen-bond acceptors (Lipinski definition) is 4. The van der Waals surface area contributed by atoms with Crippen molar-refractivity contribution in [3.63, 3.8) is 0 Å². The van der Waals surface area contributed by atoms with E-state index < -0.39 is 10.2 Å². The van der Waals surface area contributed by atoms with Gasteiger partial charge in [0.05, 0.1) is 10.6 Å². The van der Waals surface area contributed by atoms with Crippen LogP contribution in [0.4, 0.5) is 0 Å². The molecule has 22 heavy (non-hydrogen) atoms. The van der Waals surface area contributed by atoms with Crippen LogP contribution < -0.4 is 0 Å². The summed E-state index contributed by atoms with van der Waals surface area (Å²) in [7, 11) is -2.48. The topological polar surface area (TPSA) is 70.1 Å². The van der Waals surface area contributed by atoms with Crippen molar-refractivity contribution in [2.75, 3.05) is 20.1 Å². The molecule has 0 spiro atoms. The second kappa shape index (κ2) is 5.85. The second-order valence-corrected chi connectivity index (χ2v) is 7.86. The van der Waals surface area contributed by atoms with Gasteiger partial charge in [-0.1, -0.05) is 6.07 Å². The lowest BCUT2D eigenvalue weighted by Crippen LogP contribution is -2.43. The van der Waals surface area contributed by atoms with Crippen molar-refractivity contribution < 1.29 is 13.2 Å². The molecule has 1 fully saturated rings. The highest BCUT2D eigenvalue weighted by molar-refractivity contribution is 7.88. The van der Waals surface area contributed by atoms with E-state index >= 15 is 0 Å².